The quantitative estimate of drug-likeness (QED) is 0.620. The van der Waals surface area contributed by atoms with Gasteiger partial charge in [0.1, 0.15) is 16.9 Å². The van der Waals surface area contributed by atoms with Crippen molar-refractivity contribution in [2.45, 2.75) is 25.5 Å². The topological polar surface area (TPSA) is 44.8 Å². The molecule has 0 fully saturated rings. The maximum absolute atomic E-state index is 12.8. The fourth-order valence-corrected chi connectivity index (χ4v) is 5.98. The van der Waals surface area contributed by atoms with E-state index >= 15 is 0 Å². The first-order chi connectivity index (χ1) is 11.5. The summed E-state index contributed by atoms with van der Waals surface area (Å²) in [7, 11) is -2.89. The van der Waals surface area contributed by atoms with Crippen molar-refractivity contribution in [2.75, 3.05) is 6.61 Å². The highest BCUT2D eigenvalue weighted by molar-refractivity contribution is 7.00. The van der Waals surface area contributed by atoms with Crippen molar-refractivity contribution in [2.24, 2.45) is 0 Å². The third-order valence-corrected chi connectivity index (χ3v) is 8.33. The summed E-state index contributed by atoms with van der Waals surface area (Å²) < 4.78 is 17.3. The smallest absolute Gasteiger partial charge is 0.523 e. The first-order valence-corrected chi connectivity index (χ1v) is 11.3. The van der Waals surface area contributed by atoms with E-state index in [-0.39, 0.29) is 5.97 Å². The van der Waals surface area contributed by atoms with Crippen molar-refractivity contribution >= 4 is 26.3 Å². The van der Waals surface area contributed by atoms with Gasteiger partial charge in [-0.2, -0.15) is 0 Å². The van der Waals surface area contributed by atoms with Crippen LogP contribution < -0.4 is 14.5 Å². The van der Waals surface area contributed by atoms with E-state index in [0.717, 1.165) is 0 Å². The summed E-state index contributed by atoms with van der Waals surface area (Å²) in [6.07, 6.45) is 0. The molecule has 0 aliphatic carbocycles. The molecular weight excluding hydrogens is 319 g/mol. The Labute approximate surface area is 143 Å². The number of carbonyl (C=O) groups excluding carboxylic acids is 1. The Balaban J connectivity index is 1.95. The molecule has 0 saturated heterocycles. The number of hydrogen-bond donors (Lipinski definition) is 0. The fraction of sp³-hybridized carbons (Fsp3) is 0.278. The van der Waals surface area contributed by atoms with Crippen molar-refractivity contribution in [3.05, 3.63) is 54.6 Å². The molecule has 2 aromatic carbocycles. The van der Waals surface area contributed by atoms with Crippen molar-refractivity contribution < 1.29 is 18.8 Å². The first-order valence-electron chi connectivity index (χ1n) is 8.18. The summed E-state index contributed by atoms with van der Waals surface area (Å²) in [5.41, 5.74) is -0.452. The molecule has 0 radical (unpaired) electrons. The third-order valence-electron chi connectivity index (χ3n) is 4.44. The summed E-state index contributed by atoms with van der Waals surface area (Å²) >= 11 is 0. The van der Waals surface area contributed by atoms with Crippen LogP contribution in [0.15, 0.2) is 54.6 Å². The van der Waals surface area contributed by atoms with Gasteiger partial charge < -0.3 is 14.0 Å². The standard InChI is InChI=1S/C18H21BO4Si/c1-4-21-18(20)17(24(2,3)14-10-6-5-7-11-14)19-22-15-12-8-9-13-16(15)23-19/h5-13,17H,4H2,1-3H3. The molecule has 4 nitrogen and oxygen atoms in total. The molecule has 0 bridgehead atoms. The van der Waals surface area contributed by atoms with Gasteiger partial charge in [0.15, 0.2) is 0 Å². The van der Waals surface area contributed by atoms with Gasteiger partial charge in [-0.1, -0.05) is 60.7 Å². The lowest BCUT2D eigenvalue weighted by Gasteiger charge is -2.31. The van der Waals surface area contributed by atoms with E-state index in [1.807, 2.05) is 49.4 Å². The monoisotopic (exact) mass is 340 g/mol. The third kappa shape index (κ3) is 3.06. The molecular formula is C18H21BO4Si. The van der Waals surface area contributed by atoms with Crippen LogP contribution in [0.5, 0.6) is 11.5 Å². The van der Waals surface area contributed by atoms with Crippen molar-refractivity contribution in [3.63, 3.8) is 0 Å². The number of fused-ring (bicyclic) bond motifs is 1. The van der Waals surface area contributed by atoms with E-state index in [2.05, 4.69) is 25.2 Å². The van der Waals surface area contributed by atoms with Gasteiger partial charge in [-0.05, 0) is 19.1 Å². The zero-order valence-corrected chi connectivity index (χ0v) is 15.2. The van der Waals surface area contributed by atoms with Gasteiger partial charge in [0, 0.05) is 0 Å². The Hall–Kier alpha value is -2.21. The van der Waals surface area contributed by atoms with Crippen LogP contribution in [0.4, 0.5) is 0 Å². The highest BCUT2D eigenvalue weighted by Crippen LogP contribution is 2.39. The molecule has 124 valence electrons. The van der Waals surface area contributed by atoms with Crippen LogP contribution in [0.2, 0.25) is 18.5 Å². The number of rotatable bonds is 5. The van der Waals surface area contributed by atoms with E-state index in [9.17, 15) is 4.79 Å². The molecule has 0 N–H and O–H groups in total. The first kappa shape index (κ1) is 16.6. The zero-order valence-electron chi connectivity index (χ0n) is 14.2. The minimum absolute atomic E-state index is 0.254. The maximum Gasteiger partial charge on any atom is 0.607 e. The van der Waals surface area contributed by atoms with Gasteiger partial charge in [-0.15, -0.1) is 0 Å². The SMILES string of the molecule is CCOC(=O)C(B1Oc2ccccc2O1)[Si](C)(C)c1ccccc1. The van der Waals surface area contributed by atoms with E-state index in [4.69, 9.17) is 14.0 Å². The van der Waals surface area contributed by atoms with Gasteiger partial charge >= 0.3 is 13.1 Å². The van der Waals surface area contributed by atoms with Crippen LogP contribution in [-0.4, -0.2) is 27.8 Å². The molecule has 1 aliphatic rings. The lowest BCUT2D eigenvalue weighted by molar-refractivity contribution is -0.141. The summed E-state index contributed by atoms with van der Waals surface area (Å²) in [6.45, 7) is 6.46. The van der Waals surface area contributed by atoms with Crippen LogP contribution in [0.3, 0.4) is 0 Å². The predicted molar refractivity (Wildman–Crippen MR) is 97.4 cm³/mol. The van der Waals surface area contributed by atoms with Crippen molar-refractivity contribution in [1.82, 2.24) is 0 Å². The molecule has 6 heteroatoms. The second kappa shape index (κ2) is 6.73. The molecule has 1 heterocycles. The Morgan fingerprint density at radius 2 is 1.58 bits per heavy atom. The Morgan fingerprint density at radius 3 is 2.12 bits per heavy atom. The maximum atomic E-state index is 12.8. The minimum atomic E-state index is -2.24. The van der Waals surface area contributed by atoms with Crippen LogP contribution >= 0.6 is 0 Å². The number of esters is 1. The number of benzene rings is 2. The zero-order chi connectivity index (χ0) is 17.2. The van der Waals surface area contributed by atoms with Crippen molar-refractivity contribution in [3.8, 4) is 11.5 Å². The van der Waals surface area contributed by atoms with Crippen LogP contribution in [0.25, 0.3) is 0 Å². The molecule has 1 atom stereocenters. The highest BCUT2D eigenvalue weighted by Gasteiger charge is 2.54. The summed E-state index contributed by atoms with van der Waals surface area (Å²) in [4.78, 5) is 12.8. The average Bonchev–Trinajstić information content (AvgIpc) is 2.99. The van der Waals surface area contributed by atoms with Gasteiger partial charge in [0.2, 0.25) is 0 Å². The number of ether oxygens (including phenoxy) is 1. The second-order valence-corrected chi connectivity index (χ2v) is 11.0. The molecule has 2 aromatic rings. The molecule has 0 aromatic heterocycles. The molecule has 0 saturated carbocycles. The van der Waals surface area contributed by atoms with Crippen LogP contribution in [0.1, 0.15) is 6.92 Å². The van der Waals surface area contributed by atoms with Gasteiger partial charge in [0.25, 0.3) is 0 Å². The summed E-state index contributed by atoms with van der Waals surface area (Å²) in [6, 6.07) is 17.6. The molecule has 0 amide bonds. The second-order valence-electron chi connectivity index (χ2n) is 6.37. The van der Waals surface area contributed by atoms with Crippen molar-refractivity contribution in [1.29, 1.82) is 0 Å². The lowest BCUT2D eigenvalue weighted by atomic mass is 9.84. The average molecular weight is 340 g/mol. The molecule has 0 spiro atoms. The largest absolute Gasteiger partial charge is 0.607 e. The summed E-state index contributed by atoms with van der Waals surface area (Å²) in [5.74, 6) is 1.10. The van der Waals surface area contributed by atoms with Crippen LogP contribution in [0, 0.1) is 0 Å². The predicted octanol–water partition coefficient (Wildman–Crippen LogP) is 3.03. The van der Waals surface area contributed by atoms with E-state index in [1.54, 1.807) is 0 Å². The Morgan fingerprint density at radius 1 is 1.04 bits per heavy atom. The minimum Gasteiger partial charge on any atom is -0.523 e. The number of carbonyl (C=O) groups is 1. The molecule has 3 rings (SSSR count). The number of hydrogen-bond acceptors (Lipinski definition) is 4. The normalized spacial score (nSPS) is 14.4. The van der Waals surface area contributed by atoms with Crippen LogP contribution in [-0.2, 0) is 9.53 Å². The Kier molecular flexibility index (Phi) is 4.67. The van der Waals surface area contributed by atoms with E-state index in [1.165, 1.54) is 5.19 Å². The fourth-order valence-electron chi connectivity index (χ4n) is 3.08. The highest BCUT2D eigenvalue weighted by atomic mass is 28.3. The molecule has 24 heavy (non-hydrogen) atoms. The van der Waals surface area contributed by atoms with E-state index < -0.39 is 20.6 Å². The molecule has 1 aliphatic heterocycles. The van der Waals surface area contributed by atoms with Gasteiger partial charge in [-0.3, -0.25) is 4.79 Å². The molecule has 1 unspecified atom stereocenters. The Bertz CT molecular complexity index is 695. The van der Waals surface area contributed by atoms with Gasteiger partial charge in [-0.25, -0.2) is 0 Å². The van der Waals surface area contributed by atoms with Gasteiger partial charge in [0.05, 0.1) is 14.7 Å². The lowest BCUT2D eigenvalue weighted by Crippen LogP contribution is -2.57. The van der Waals surface area contributed by atoms with E-state index in [0.29, 0.717) is 18.1 Å². The number of para-hydroxylation sites is 2. The summed E-state index contributed by atoms with van der Waals surface area (Å²) in [5, 5.41) is 1.17.